The van der Waals surface area contributed by atoms with Crippen LogP contribution in [-0.2, 0) is 6.42 Å². The lowest BCUT2D eigenvalue weighted by Crippen LogP contribution is -2.05. The number of hydrogen-bond donors (Lipinski definition) is 1. The lowest BCUT2D eigenvalue weighted by Gasteiger charge is -2.03. The summed E-state index contributed by atoms with van der Waals surface area (Å²) >= 11 is 5.78. The highest BCUT2D eigenvalue weighted by Gasteiger charge is 1.96. The summed E-state index contributed by atoms with van der Waals surface area (Å²) in [5.74, 6) is 0. The molecule has 2 heteroatoms. The van der Waals surface area contributed by atoms with Gasteiger partial charge in [-0.2, -0.15) is 0 Å². The van der Waals surface area contributed by atoms with Gasteiger partial charge in [0.25, 0.3) is 0 Å². The van der Waals surface area contributed by atoms with E-state index in [1.165, 1.54) is 11.1 Å². The van der Waals surface area contributed by atoms with Crippen molar-refractivity contribution in [1.29, 1.82) is 0 Å². The van der Waals surface area contributed by atoms with E-state index in [4.69, 9.17) is 17.3 Å². The molecule has 13 heavy (non-hydrogen) atoms. The van der Waals surface area contributed by atoms with Crippen molar-refractivity contribution in [3.63, 3.8) is 0 Å². The van der Waals surface area contributed by atoms with E-state index in [2.05, 4.69) is 6.08 Å². The summed E-state index contributed by atoms with van der Waals surface area (Å²) in [4.78, 5) is 0. The van der Waals surface area contributed by atoms with Crippen molar-refractivity contribution in [3.05, 3.63) is 46.5 Å². The molecule has 0 amide bonds. The lowest BCUT2D eigenvalue weighted by molar-refractivity contribution is 1.03. The molecule has 0 radical (unpaired) electrons. The van der Waals surface area contributed by atoms with E-state index in [0.717, 1.165) is 11.4 Å². The minimum Gasteiger partial charge on any atom is -0.327 e. The molecule has 2 N–H and O–H groups in total. The second-order valence-corrected chi connectivity index (χ2v) is 3.39. The third kappa shape index (κ3) is 3.21. The highest BCUT2D eigenvalue weighted by molar-refractivity contribution is 6.30. The van der Waals surface area contributed by atoms with Gasteiger partial charge < -0.3 is 5.73 Å². The Hall–Kier alpha value is -0.790. The van der Waals surface area contributed by atoms with Crippen LogP contribution in [0.5, 0.6) is 0 Å². The van der Waals surface area contributed by atoms with Gasteiger partial charge in [-0.1, -0.05) is 35.4 Å². The Balaban J connectivity index is 2.69. The first-order chi connectivity index (χ1) is 6.26. The highest BCUT2D eigenvalue weighted by Crippen LogP contribution is 2.12. The van der Waals surface area contributed by atoms with Crippen LogP contribution in [0, 0.1) is 0 Å². The van der Waals surface area contributed by atoms with Crippen molar-refractivity contribution in [1.82, 2.24) is 0 Å². The maximum atomic E-state index is 5.78. The Morgan fingerprint density at radius 1 is 1.38 bits per heavy atom. The molecule has 0 aliphatic heterocycles. The molecule has 70 valence electrons. The normalized spacial score (nSPS) is 11.8. The molecule has 0 saturated heterocycles. The Morgan fingerprint density at radius 3 is 2.46 bits per heavy atom. The zero-order valence-electron chi connectivity index (χ0n) is 7.76. The maximum Gasteiger partial charge on any atom is 0.0406 e. The summed E-state index contributed by atoms with van der Waals surface area (Å²) in [6, 6.07) is 7.87. The fraction of sp³-hybridized carbons (Fsp3) is 0.273. The summed E-state index contributed by atoms with van der Waals surface area (Å²) < 4.78 is 0. The average Bonchev–Trinajstić information content (AvgIpc) is 2.17. The second-order valence-electron chi connectivity index (χ2n) is 2.95. The first-order valence-electron chi connectivity index (χ1n) is 4.35. The number of hydrogen-bond acceptors (Lipinski definition) is 1. The molecule has 0 unspecified atom stereocenters. The monoisotopic (exact) mass is 195 g/mol. The zero-order chi connectivity index (χ0) is 9.68. The quantitative estimate of drug-likeness (QED) is 0.738. The summed E-state index contributed by atoms with van der Waals surface area (Å²) in [7, 11) is 0. The average molecular weight is 196 g/mol. The van der Waals surface area contributed by atoms with Crippen LogP contribution in [0.25, 0.3) is 0 Å². The standard InChI is InChI=1S/C11H14ClN/c1-2-9(8-13)7-10-3-5-11(12)6-4-10/h2-6H,7-8,13H2,1H3/b9-2-. The minimum absolute atomic E-state index is 0.624. The van der Waals surface area contributed by atoms with Crippen LogP contribution >= 0.6 is 11.6 Å². The summed E-state index contributed by atoms with van der Waals surface area (Å²) in [5.41, 5.74) is 8.07. The highest BCUT2D eigenvalue weighted by atomic mass is 35.5. The zero-order valence-corrected chi connectivity index (χ0v) is 8.51. The van der Waals surface area contributed by atoms with Gasteiger partial charge in [0, 0.05) is 11.6 Å². The van der Waals surface area contributed by atoms with Crippen molar-refractivity contribution >= 4 is 11.6 Å². The van der Waals surface area contributed by atoms with Crippen molar-refractivity contribution < 1.29 is 0 Å². The van der Waals surface area contributed by atoms with Gasteiger partial charge in [-0.3, -0.25) is 0 Å². The number of nitrogens with two attached hydrogens (primary N) is 1. The van der Waals surface area contributed by atoms with Crippen molar-refractivity contribution in [2.24, 2.45) is 5.73 Å². The van der Waals surface area contributed by atoms with Gasteiger partial charge >= 0.3 is 0 Å². The molecule has 1 aromatic carbocycles. The number of rotatable bonds is 3. The molecule has 1 aromatic rings. The largest absolute Gasteiger partial charge is 0.327 e. The molecule has 0 aromatic heterocycles. The predicted molar refractivity (Wildman–Crippen MR) is 58.0 cm³/mol. The van der Waals surface area contributed by atoms with Gasteiger partial charge in [0.2, 0.25) is 0 Å². The number of benzene rings is 1. The van der Waals surface area contributed by atoms with E-state index in [1.54, 1.807) is 0 Å². The Labute approximate surface area is 84.2 Å². The molecule has 0 aliphatic rings. The van der Waals surface area contributed by atoms with E-state index < -0.39 is 0 Å². The molecular formula is C11H14ClN. The van der Waals surface area contributed by atoms with E-state index in [9.17, 15) is 0 Å². The van der Waals surface area contributed by atoms with Crippen LogP contribution in [0.3, 0.4) is 0 Å². The SMILES string of the molecule is C/C=C(\CN)Cc1ccc(Cl)cc1. The second kappa shape index (κ2) is 5.05. The van der Waals surface area contributed by atoms with E-state index in [0.29, 0.717) is 6.54 Å². The van der Waals surface area contributed by atoms with Crippen LogP contribution in [0.4, 0.5) is 0 Å². The van der Waals surface area contributed by atoms with Crippen LogP contribution < -0.4 is 5.73 Å². The molecule has 0 heterocycles. The van der Waals surface area contributed by atoms with Gasteiger partial charge in [0.1, 0.15) is 0 Å². The van der Waals surface area contributed by atoms with Crippen LogP contribution in [0.2, 0.25) is 5.02 Å². The molecule has 0 spiro atoms. The fourth-order valence-corrected chi connectivity index (χ4v) is 1.28. The maximum absolute atomic E-state index is 5.78. The molecule has 1 rings (SSSR count). The van der Waals surface area contributed by atoms with Crippen molar-refractivity contribution in [2.45, 2.75) is 13.3 Å². The molecule has 0 bridgehead atoms. The van der Waals surface area contributed by atoms with Crippen LogP contribution in [0.1, 0.15) is 12.5 Å². The van der Waals surface area contributed by atoms with Crippen molar-refractivity contribution in [3.8, 4) is 0 Å². The Morgan fingerprint density at radius 2 is 2.00 bits per heavy atom. The van der Waals surface area contributed by atoms with Gasteiger partial charge in [0.15, 0.2) is 0 Å². The molecule has 0 saturated carbocycles. The fourth-order valence-electron chi connectivity index (χ4n) is 1.16. The van der Waals surface area contributed by atoms with Crippen LogP contribution in [0.15, 0.2) is 35.9 Å². The summed E-state index contributed by atoms with van der Waals surface area (Å²) in [6.45, 7) is 2.64. The molecule has 0 fully saturated rings. The molecule has 1 nitrogen and oxygen atoms in total. The first-order valence-corrected chi connectivity index (χ1v) is 4.72. The minimum atomic E-state index is 0.624. The van der Waals surface area contributed by atoms with Crippen molar-refractivity contribution in [2.75, 3.05) is 6.54 Å². The summed E-state index contributed by atoms with van der Waals surface area (Å²) in [5, 5.41) is 0.776. The van der Waals surface area contributed by atoms with Gasteiger partial charge in [-0.25, -0.2) is 0 Å². The van der Waals surface area contributed by atoms with E-state index >= 15 is 0 Å². The first kappa shape index (κ1) is 10.3. The number of allylic oxidation sites excluding steroid dienone is 1. The van der Waals surface area contributed by atoms with E-state index in [1.807, 2.05) is 31.2 Å². The summed E-state index contributed by atoms with van der Waals surface area (Å²) in [6.07, 6.45) is 2.98. The van der Waals surface area contributed by atoms with E-state index in [-0.39, 0.29) is 0 Å². The molecule has 0 atom stereocenters. The topological polar surface area (TPSA) is 26.0 Å². The Bertz CT molecular complexity index is 287. The third-order valence-electron chi connectivity index (χ3n) is 2.01. The number of halogens is 1. The van der Waals surface area contributed by atoms with Crippen LogP contribution in [-0.4, -0.2) is 6.54 Å². The lowest BCUT2D eigenvalue weighted by atomic mass is 10.1. The van der Waals surface area contributed by atoms with Gasteiger partial charge in [0.05, 0.1) is 0 Å². The third-order valence-corrected chi connectivity index (χ3v) is 2.27. The molecular weight excluding hydrogens is 182 g/mol. The molecule has 0 aliphatic carbocycles. The smallest absolute Gasteiger partial charge is 0.0406 e. The Kier molecular flexibility index (Phi) is 4.00. The van der Waals surface area contributed by atoms with Gasteiger partial charge in [-0.05, 0) is 31.0 Å². The predicted octanol–water partition coefficient (Wildman–Crippen LogP) is 2.79. The van der Waals surface area contributed by atoms with Gasteiger partial charge in [-0.15, -0.1) is 0 Å².